The molecule has 0 aliphatic heterocycles. The number of ketones is 1. The Morgan fingerprint density at radius 1 is 1.14 bits per heavy atom. The number of nitro groups is 1. The fourth-order valence-electron chi connectivity index (χ4n) is 1.93. The summed E-state index contributed by atoms with van der Waals surface area (Å²) in [5.41, 5.74) is 1.04. The average Bonchev–Trinajstić information content (AvgIpc) is 2.47. The van der Waals surface area contributed by atoms with E-state index >= 15 is 0 Å². The van der Waals surface area contributed by atoms with Crippen LogP contribution < -0.4 is 0 Å². The van der Waals surface area contributed by atoms with Crippen LogP contribution in [0.3, 0.4) is 0 Å². The molecule has 112 valence electrons. The lowest BCUT2D eigenvalue weighted by atomic mass is 10.0. The molecule has 0 saturated carbocycles. The number of benzene rings is 2. The van der Waals surface area contributed by atoms with E-state index in [0.717, 1.165) is 6.07 Å². The highest BCUT2D eigenvalue weighted by Gasteiger charge is 2.13. The molecule has 0 unspecified atom stereocenters. The molecule has 22 heavy (non-hydrogen) atoms. The number of carbonyl (C=O) groups is 1. The van der Waals surface area contributed by atoms with E-state index in [1.165, 1.54) is 36.4 Å². The van der Waals surface area contributed by atoms with E-state index in [2.05, 4.69) is 0 Å². The summed E-state index contributed by atoms with van der Waals surface area (Å²) in [6.07, 6.45) is 1.57. The Morgan fingerprint density at radius 2 is 1.77 bits per heavy atom. The Morgan fingerprint density at radius 3 is 2.32 bits per heavy atom. The van der Waals surface area contributed by atoms with Crippen LogP contribution in [0, 0.1) is 10.1 Å². The Hall–Kier alpha value is -3.15. The topological polar surface area (TPSA) is 101 Å². The van der Waals surface area contributed by atoms with Crippen molar-refractivity contribution in [1.82, 2.24) is 0 Å². The second-order valence-corrected chi connectivity index (χ2v) is 4.71. The molecular formula is C16H13NO5. The first-order chi connectivity index (χ1) is 10.4. The minimum absolute atomic E-state index is 0.0303. The Balaban J connectivity index is 2.27. The first-order valence-corrected chi connectivity index (χ1v) is 6.38. The summed E-state index contributed by atoms with van der Waals surface area (Å²) in [5.74, 6) is -0.830. The van der Waals surface area contributed by atoms with Crippen LogP contribution in [-0.4, -0.2) is 20.9 Å². The van der Waals surface area contributed by atoms with E-state index in [1.54, 1.807) is 13.0 Å². The van der Waals surface area contributed by atoms with Gasteiger partial charge in [0.05, 0.1) is 10.5 Å². The second kappa shape index (κ2) is 6.09. The number of Topliss-reactive ketones (excluding diaryl/α,β-unsaturated/α-hetero) is 1. The van der Waals surface area contributed by atoms with E-state index in [0.29, 0.717) is 11.1 Å². The number of aromatic hydroxyl groups is 2. The normalized spacial score (nSPS) is 11.2. The molecule has 2 aromatic carbocycles. The standard InChI is InChI=1S/C16H13NO5/c1-10(8-11-2-4-12(5-3-11)17(21)22)16(20)14-7-6-13(18)9-15(14)19/h2-9,18-19H,1H3/b10-8+. The van der Waals surface area contributed by atoms with E-state index in [-0.39, 0.29) is 22.7 Å². The Kier molecular flexibility index (Phi) is 4.22. The molecule has 6 heteroatoms. The third kappa shape index (κ3) is 3.29. The number of nitrogens with zero attached hydrogens (tertiary/aromatic N) is 1. The van der Waals surface area contributed by atoms with Crippen molar-refractivity contribution in [3.05, 3.63) is 69.3 Å². The SMILES string of the molecule is C/C(=C\c1ccc([N+](=O)[O-])cc1)C(=O)c1ccc(O)cc1O. The molecule has 2 rings (SSSR count). The molecule has 0 spiro atoms. The summed E-state index contributed by atoms with van der Waals surface area (Å²) >= 11 is 0. The molecule has 0 aliphatic carbocycles. The highest BCUT2D eigenvalue weighted by molar-refractivity contribution is 6.12. The van der Waals surface area contributed by atoms with Gasteiger partial charge in [-0.2, -0.15) is 0 Å². The largest absolute Gasteiger partial charge is 0.508 e. The fraction of sp³-hybridized carbons (Fsp3) is 0.0625. The van der Waals surface area contributed by atoms with Gasteiger partial charge in [-0.1, -0.05) is 0 Å². The van der Waals surface area contributed by atoms with Crippen molar-refractivity contribution in [2.24, 2.45) is 0 Å². The number of hydrogen-bond donors (Lipinski definition) is 2. The second-order valence-electron chi connectivity index (χ2n) is 4.71. The van der Waals surface area contributed by atoms with Crippen molar-refractivity contribution in [1.29, 1.82) is 0 Å². The molecule has 0 heterocycles. The molecule has 0 radical (unpaired) electrons. The van der Waals surface area contributed by atoms with Crippen molar-refractivity contribution in [2.45, 2.75) is 6.92 Å². The minimum Gasteiger partial charge on any atom is -0.508 e. The zero-order valence-corrected chi connectivity index (χ0v) is 11.7. The Bertz CT molecular complexity index is 763. The van der Waals surface area contributed by atoms with Crippen molar-refractivity contribution >= 4 is 17.5 Å². The summed E-state index contributed by atoms with van der Waals surface area (Å²) in [6, 6.07) is 9.50. The quantitative estimate of drug-likeness (QED) is 0.390. The molecule has 0 bridgehead atoms. The number of hydrogen-bond acceptors (Lipinski definition) is 5. The van der Waals surface area contributed by atoms with E-state index in [9.17, 15) is 25.1 Å². The van der Waals surface area contributed by atoms with Gasteiger partial charge in [-0.05, 0) is 48.4 Å². The molecule has 2 N–H and O–H groups in total. The molecule has 6 nitrogen and oxygen atoms in total. The summed E-state index contributed by atoms with van der Waals surface area (Å²) in [4.78, 5) is 22.3. The zero-order chi connectivity index (χ0) is 16.3. The number of rotatable bonds is 4. The van der Waals surface area contributed by atoms with Crippen LogP contribution in [0.15, 0.2) is 48.0 Å². The van der Waals surface area contributed by atoms with Crippen molar-refractivity contribution in [3.8, 4) is 11.5 Å². The van der Waals surface area contributed by atoms with Gasteiger partial charge in [0.2, 0.25) is 0 Å². The van der Waals surface area contributed by atoms with Crippen LogP contribution in [0.2, 0.25) is 0 Å². The van der Waals surface area contributed by atoms with Gasteiger partial charge >= 0.3 is 0 Å². The number of carbonyl (C=O) groups excluding carboxylic acids is 1. The van der Waals surface area contributed by atoms with Crippen LogP contribution in [0.25, 0.3) is 6.08 Å². The van der Waals surface area contributed by atoms with Crippen LogP contribution in [-0.2, 0) is 0 Å². The molecule has 0 atom stereocenters. The average molecular weight is 299 g/mol. The smallest absolute Gasteiger partial charge is 0.269 e. The van der Waals surface area contributed by atoms with Crippen molar-refractivity contribution < 1.29 is 19.9 Å². The van der Waals surface area contributed by atoms with Crippen molar-refractivity contribution in [2.75, 3.05) is 0 Å². The molecule has 2 aromatic rings. The van der Waals surface area contributed by atoms with Gasteiger partial charge in [-0.3, -0.25) is 14.9 Å². The van der Waals surface area contributed by atoms with Gasteiger partial charge in [-0.25, -0.2) is 0 Å². The van der Waals surface area contributed by atoms with Crippen LogP contribution in [0.4, 0.5) is 5.69 Å². The van der Waals surface area contributed by atoms with Crippen molar-refractivity contribution in [3.63, 3.8) is 0 Å². The highest BCUT2D eigenvalue weighted by atomic mass is 16.6. The lowest BCUT2D eigenvalue weighted by Crippen LogP contribution is -2.01. The van der Waals surface area contributed by atoms with Gasteiger partial charge in [0.1, 0.15) is 11.5 Å². The first-order valence-electron chi connectivity index (χ1n) is 6.38. The Labute approximate surface area is 126 Å². The van der Waals surface area contributed by atoms with Crippen LogP contribution >= 0.6 is 0 Å². The third-order valence-corrected chi connectivity index (χ3v) is 3.07. The molecular weight excluding hydrogens is 286 g/mol. The van der Waals surface area contributed by atoms with Gasteiger partial charge in [-0.15, -0.1) is 0 Å². The number of allylic oxidation sites excluding steroid dienone is 1. The van der Waals surface area contributed by atoms with Gasteiger partial charge < -0.3 is 10.2 Å². The lowest BCUT2D eigenvalue weighted by molar-refractivity contribution is -0.384. The first kappa shape index (κ1) is 15.2. The maximum absolute atomic E-state index is 12.2. The number of nitro benzene ring substituents is 1. The summed E-state index contributed by atoms with van der Waals surface area (Å²) < 4.78 is 0. The molecule has 0 amide bonds. The summed E-state index contributed by atoms with van der Waals surface area (Å²) in [7, 11) is 0. The fourth-order valence-corrected chi connectivity index (χ4v) is 1.93. The van der Waals surface area contributed by atoms with E-state index in [1.807, 2.05) is 0 Å². The lowest BCUT2D eigenvalue weighted by Gasteiger charge is -2.05. The van der Waals surface area contributed by atoms with E-state index < -0.39 is 10.7 Å². The number of phenolic OH excluding ortho intramolecular Hbond substituents is 2. The zero-order valence-electron chi connectivity index (χ0n) is 11.7. The van der Waals surface area contributed by atoms with Gasteiger partial charge in [0, 0.05) is 18.2 Å². The van der Waals surface area contributed by atoms with Crippen LogP contribution in [0.1, 0.15) is 22.8 Å². The van der Waals surface area contributed by atoms with Gasteiger partial charge in [0.15, 0.2) is 5.78 Å². The summed E-state index contributed by atoms with van der Waals surface area (Å²) in [6.45, 7) is 1.58. The summed E-state index contributed by atoms with van der Waals surface area (Å²) in [5, 5.41) is 29.5. The maximum atomic E-state index is 12.2. The third-order valence-electron chi connectivity index (χ3n) is 3.07. The maximum Gasteiger partial charge on any atom is 0.269 e. The minimum atomic E-state index is -0.500. The molecule has 0 saturated heterocycles. The number of phenols is 2. The molecule has 0 fully saturated rings. The monoisotopic (exact) mass is 299 g/mol. The predicted molar refractivity (Wildman–Crippen MR) is 80.8 cm³/mol. The molecule has 0 aromatic heterocycles. The molecule has 0 aliphatic rings. The van der Waals surface area contributed by atoms with Crippen LogP contribution in [0.5, 0.6) is 11.5 Å². The van der Waals surface area contributed by atoms with Gasteiger partial charge in [0.25, 0.3) is 5.69 Å². The highest BCUT2D eigenvalue weighted by Crippen LogP contribution is 2.25. The predicted octanol–water partition coefficient (Wildman–Crippen LogP) is 3.29. The van der Waals surface area contributed by atoms with E-state index in [4.69, 9.17) is 0 Å². The number of non-ortho nitro benzene ring substituents is 1.